The first-order chi connectivity index (χ1) is 12.5. The number of furan rings is 1. The molecule has 0 unspecified atom stereocenters. The van der Waals surface area contributed by atoms with Gasteiger partial charge in [0.1, 0.15) is 6.10 Å². The van der Waals surface area contributed by atoms with Crippen LogP contribution in [0.1, 0.15) is 45.1 Å². The molecule has 1 aromatic rings. The first-order valence-corrected chi connectivity index (χ1v) is 9.08. The van der Waals surface area contributed by atoms with E-state index in [1.165, 1.54) is 0 Å². The molecule has 26 heavy (non-hydrogen) atoms. The number of rotatable bonds is 9. The molecule has 140 valence electrons. The molecule has 1 N–H and O–H groups in total. The molecule has 2 saturated heterocycles. The standard InChI is InChI=1S/C21H26O5/c1-14(5-3-7-16-9-10-24-13-16)11-17(22)12-15(2)6-4-8-18-19-21(25-19)26-20(18)23/h3,6-7,9-11,13,17-19,21-22H,4-5,8,12H2,1-2H3/b7-3+,14-11+,15-6+/t17-,18+,19+,21-/m0/s1. The third kappa shape index (κ3) is 5.19. The van der Waals surface area contributed by atoms with Crippen molar-refractivity contribution in [1.29, 1.82) is 0 Å². The van der Waals surface area contributed by atoms with E-state index in [9.17, 15) is 9.90 Å². The van der Waals surface area contributed by atoms with Gasteiger partial charge in [-0.05, 0) is 45.6 Å². The Balaban J connectivity index is 1.38. The fraction of sp³-hybridized carbons (Fsp3) is 0.476. The van der Waals surface area contributed by atoms with Crippen molar-refractivity contribution in [1.82, 2.24) is 0 Å². The van der Waals surface area contributed by atoms with E-state index < -0.39 is 6.10 Å². The van der Waals surface area contributed by atoms with Crippen LogP contribution in [0.3, 0.4) is 0 Å². The van der Waals surface area contributed by atoms with E-state index >= 15 is 0 Å². The molecule has 3 heterocycles. The van der Waals surface area contributed by atoms with Crippen LogP contribution in [0.15, 0.2) is 52.4 Å². The Morgan fingerprint density at radius 1 is 1.35 bits per heavy atom. The summed E-state index contributed by atoms with van der Waals surface area (Å²) < 4.78 is 15.3. The molecule has 3 rings (SSSR count). The van der Waals surface area contributed by atoms with Crippen LogP contribution < -0.4 is 0 Å². The summed E-state index contributed by atoms with van der Waals surface area (Å²) in [5.41, 5.74) is 3.27. The third-order valence-electron chi connectivity index (χ3n) is 4.69. The molecule has 0 aromatic carbocycles. The van der Waals surface area contributed by atoms with Crippen LogP contribution >= 0.6 is 0 Å². The fourth-order valence-corrected chi connectivity index (χ4v) is 3.24. The second kappa shape index (κ2) is 8.52. The van der Waals surface area contributed by atoms with E-state index in [1.54, 1.807) is 12.5 Å². The minimum Gasteiger partial charge on any atom is -0.472 e. The summed E-state index contributed by atoms with van der Waals surface area (Å²) in [4.78, 5) is 11.6. The molecule has 0 radical (unpaired) electrons. The van der Waals surface area contributed by atoms with Crippen molar-refractivity contribution in [3.05, 3.63) is 53.5 Å². The van der Waals surface area contributed by atoms with Gasteiger partial charge in [-0.1, -0.05) is 35.5 Å². The van der Waals surface area contributed by atoms with Crippen molar-refractivity contribution >= 4 is 12.0 Å². The van der Waals surface area contributed by atoms with Crippen LogP contribution in [0.25, 0.3) is 6.08 Å². The zero-order valence-corrected chi connectivity index (χ0v) is 15.3. The zero-order valence-electron chi connectivity index (χ0n) is 15.3. The Labute approximate surface area is 154 Å². The predicted molar refractivity (Wildman–Crippen MR) is 98.0 cm³/mol. The van der Waals surface area contributed by atoms with Crippen LogP contribution in [-0.2, 0) is 14.3 Å². The van der Waals surface area contributed by atoms with Crippen LogP contribution in [0.2, 0.25) is 0 Å². The molecule has 1 aromatic heterocycles. The Hall–Kier alpha value is -2.11. The van der Waals surface area contributed by atoms with Gasteiger partial charge in [-0.3, -0.25) is 4.79 Å². The number of carbonyl (C=O) groups is 1. The van der Waals surface area contributed by atoms with E-state index in [2.05, 4.69) is 12.2 Å². The Morgan fingerprint density at radius 2 is 2.19 bits per heavy atom. The van der Waals surface area contributed by atoms with Crippen molar-refractivity contribution in [2.75, 3.05) is 0 Å². The van der Waals surface area contributed by atoms with Gasteiger partial charge in [0.25, 0.3) is 0 Å². The van der Waals surface area contributed by atoms with Gasteiger partial charge in [0.15, 0.2) is 0 Å². The van der Waals surface area contributed by atoms with Crippen molar-refractivity contribution in [3.63, 3.8) is 0 Å². The van der Waals surface area contributed by atoms with E-state index in [4.69, 9.17) is 13.9 Å². The number of carbonyl (C=O) groups excluding carboxylic acids is 1. The van der Waals surface area contributed by atoms with Crippen LogP contribution in [0.5, 0.6) is 0 Å². The number of hydrogen-bond donors (Lipinski definition) is 1. The van der Waals surface area contributed by atoms with Crippen molar-refractivity contribution in [3.8, 4) is 0 Å². The predicted octanol–water partition coefficient (Wildman–Crippen LogP) is 4.00. The highest BCUT2D eigenvalue weighted by atomic mass is 16.8. The molecule has 0 saturated carbocycles. The van der Waals surface area contributed by atoms with Crippen molar-refractivity contribution in [2.45, 2.75) is 58.0 Å². The molecule has 5 heteroatoms. The van der Waals surface area contributed by atoms with E-state index in [0.717, 1.165) is 36.0 Å². The quantitative estimate of drug-likeness (QED) is 0.410. The van der Waals surface area contributed by atoms with Gasteiger partial charge in [0.05, 0.1) is 24.5 Å². The number of ether oxygens (including phenoxy) is 2. The SMILES string of the molecule is C/C(=C\[C@H](O)C/C(C)=C/CC[C@H]1C(=O)O[C@@H]2O[C@@H]21)C/C=C/c1ccoc1. The molecular weight excluding hydrogens is 332 g/mol. The number of aliphatic hydroxyl groups excluding tert-OH is 1. The highest BCUT2D eigenvalue weighted by Gasteiger charge is 2.57. The molecule has 0 aliphatic carbocycles. The first kappa shape index (κ1) is 18.7. The van der Waals surface area contributed by atoms with Crippen molar-refractivity contribution in [2.24, 2.45) is 5.92 Å². The van der Waals surface area contributed by atoms with E-state index in [0.29, 0.717) is 6.42 Å². The average molecular weight is 358 g/mol. The van der Waals surface area contributed by atoms with Gasteiger partial charge in [-0.15, -0.1) is 0 Å². The molecule has 2 fully saturated rings. The molecule has 2 aliphatic rings. The highest BCUT2D eigenvalue weighted by Crippen LogP contribution is 2.40. The van der Waals surface area contributed by atoms with Gasteiger partial charge >= 0.3 is 5.97 Å². The molecule has 5 nitrogen and oxygen atoms in total. The first-order valence-electron chi connectivity index (χ1n) is 9.08. The summed E-state index contributed by atoms with van der Waals surface area (Å²) >= 11 is 0. The second-order valence-corrected chi connectivity index (χ2v) is 7.09. The fourth-order valence-electron chi connectivity index (χ4n) is 3.24. The normalized spacial score (nSPS) is 26.9. The third-order valence-corrected chi connectivity index (χ3v) is 4.69. The average Bonchev–Trinajstić information content (AvgIpc) is 3.00. The smallest absolute Gasteiger partial charge is 0.314 e. The van der Waals surface area contributed by atoms with Gasteiger partial charge in [-0.25, -0.2) is 0 Å². The minimum absolute atomic E-state index is 0.0255. The lowest BCUT2D eigenvalue weighted by Gasteiger charge is -2.09. The Bertz CT molecular complexity index is 698. The van der Waals surface area contributed by atoms with E-state index in [-0.39, 0.29) is 24.3 Å². The number of hydrogen-bond acceptors (Lipinski definition) is 5. The lowest BCUT2D eigenvalue weighted by Crippen LogP contribution is -2.15. The second-order valence-electron chi connectivity index (χ2n) is 7.09. The summed E-state index contributed by atoms with van der Waals surface area (Å²) in [7, 11) is 0. The maximum atomic E-state index is 11.6. The van der Waals surface area contributed by atoms with Gasteiger partial charge in [-0.2, -0.15) is 0 Å². The molecule has 2 aliphatic heterocycles. The monoisotopic (exact) mass is 358 g/mol. The van der Waals surface area contributed by atoms with Crippen LogP contribution in [0.4, 0.5) is 0 Å². The number of aliphatic hydroxyl groups is 1. The molecule has 4 atom stereocenters. The van der Waals surface area contributed by atoms with Crippen LogP contribution in [0, 0.1) is 5.92 Å². The molecule has 0 amide bonds. The van der Waals surface area contributed by atoms with Gasteiger partial charge < -0.3 is 19.0 Å². The summed E-state index contributed by atoms with van der Waals surface area (Å²) in [6.45, 7) is 4.02. The van der Waals surface area contributed by atoms with Crippen molar-refractivity contribution < 1.29 is 23.8 Å². The number of fused-ring (bicyclic) bond motifs is 1. The molecular formula is C21H26O5. The highest BCUT2D eigenvalue weighted by molar-refractivity contribution is 5.76. The number of allylic oxidation sites excluding steroid dienone is 3. The lowest BCUT2D eigenvalue weighted by atomic mass is 9.99. The summed E-state index contributed by atoms with van der Waals surface area (Å²) in [5, 5.41) is 10.2. The van der Waals surface area contributed by atoms with Gasteiger partial charge in [0.2, 0.25) is 6.29 Å². The lowest BCUT2D eigenvalue weighted by molar-refractivity contribution is -0.151. The van der Waals surface area contributed by atoms with Gasteiger partial charge in [0, 0.05) is 5.56 Å². The topological polar surface area (TPSA) is 72.2 Å². The summed E-state index contributed by atoms with van der Waals surface area (Å²) in [6.07, 6.45) is 13.5. The number of esters is 1. The Morgan fingerprint density at radius 3 is 2.88 bits per heavy atom. The maximum absolute atomic E-state index is 11.6. The Kier molecular flexibility index (Phi) is 6.12. The molecule has 0 spiro atoms. The molecule has 0 bridgehead atoms. The zero-order chi connectivity index (χ0) is 18.5. The van der Waals surface area contributed by atoms with E-state index in [1.807, 2.05) is 32.1 Å². The van der Waals surface area contributed by atoms with Crippen LogP contribution in [-0.4, -0.2) is 29.6 Å². The maximum Gasteiger partial charge on any atom is 0.314 e. The summed E-state index contributed by atoms with van der Waals surface area (Å²) in [6, 6.07) is 1.90. The summed E-state index contributed by atoms with van der Waals surface area (Å²) in [5.74, 6) is -0.266. The number of epoxide rings is 1. The minimum atomic E-state index is -0.499. The largest absolute Gasteiger partial charge is 0.472 e.